The maximum atomic E-state index is 11.1. The largest absolute Gasteiger partial charge is 0.493 e. The molecular weight excluding hydrogens is 216 g/mol. The fraction of sp³-hybridized carbons (Fsp3) is 0.364. The number of ether oxygens (including phenoxy) is 2. The summed E-state index contributed by atoms with van der Waals surface area (Å²) >= 11 is 5.41. The van der Waals surface area contributed by atoms with Crippen LogP contribution in [0.25, 0.3) is 0 Å². The number of hydrogen-bond acceptors (Lipinski definition) is 3. The van der Waals surface area contributed by atoms with Crippen LogP contribution in [-0.2, 0) is 4.79 Å². The van der Waals surface area contributed by atoms with Crippen LogP contribution in [0.4, 0.5) is 0 Å². The van der Waals surface area contributed by atoms with E-state index in [0.29, 0.717) is 11.5 Å². The lowest BCUT2D eigenvalue weighted by Gasteiger charge is -2.23. The number of rotatable bonds is 4. The molecule has 0 unspecified atom stereocenters. The number of methoxy groups -OCH3 is 1. The van der Waals surface area contributed by atoms with E-state index in [0.717, 1.165) is 0 Å². The van der Waals surface area contributed by atoms with Crippen LogP contribution in [-0.4, -0.2) is 18.0 Å². The highest BCUT2D eigenvalue weighted by molar-refractivity contribution is 6.65. The number of halogens is 1. The van der Waals surface area contributed by atoms with Gasteiger partial charge in [-0.25, -0.2) is 0 Å². The van der Waals surface area contributed by atoms with E-state index in [1.54, 1.807) is 32.0 Å². The number of hydrogen-bond donors (Lipinski definition) is 0. The van der Waals surface area contributed by atoms with Gasteiger partial charge in [0, 0.05) is 0 Å². The molecule has 0 saturated heterocycles. The minimum absolute atomic E-state index is 0.499. The van der Waals surface area contributed by atoms with E-state index in [-0.39, 0.29) is 0 Å². The zero-order valence-electron chi connectivity index (χ0n) is 8.91. The average molecular weight is 229 g/mol. The zero-order valence-corrected chi connectivity index (χ0v) is 9.67. The van der Waals surface area contributed by atoms with Gasteiger partial charge in [0.2, 0.25) is 0 Å². The van der Waals surface area contributed by atoms with Gasteiger partial charge in [-0.3, -0.25) is 4.79 Å². The molecule has 0 radical (unpaired) electrons. The highest BCUT2D eigenvalue weighted by Gasteiger charge is 2.28. The zero-order chi connectivity index (χ0) is 11.5. The van der Waals surface area contributed by atoms with Gasteiger partial charge >= 0.3 is 0 Å². The van der Waals surface area contributed by atoms with Gasteiger partial charge in [0.15, 0.2) is 17.1 Å². The normalized spacial score (nSPS) is 10.9. The number of carbonyl (C=O) groups excluding carboxylic acids is 1. The highest BCUT2D eigenvalue weighted by atomic mass is 35.5. The van der Waals surface area contributed by atoms with E-state index >= 15 is 0 Å². The van der Waals surface area contributed by atoms with Gasteiger partial charge in [-0.05, 0) is 37.6 Å². The molecule has 1 aromatic carbocycles. The van der Waals surface area contributed by atoms with Crippen LogP contribution in [0.1, 0.15) is 13.8 Å². The van der Waals surface area contributed by atoms with Crippen molar-refractivity contribution in [1.29, 1.82) is 0 Å². The summed E-state index contributed by atoms with van der Waals surface area (Å²) in [6, 6.07) is 7.10. The third-order valence-electron chi connectivity index (χ3n) is 1.91. The van der Waals surface area contributed by atoms with Crippen molar-refractivity contribution < 1.29 is 14.3 Å². The molecule has 0 atom stereocenters. The van der Waals surface area contributed by atoms with Gasteiger partial charge in [-0.15, -0.1) is 0 Å². The van der Waals surface area contributed by atoms with Crippen LogP contribution >= 0.6 is 11.6 Å². The predicted octanol–water partition coefficient (Wildman–Crippen LogP) is 2.62. The summed E-state index contributed by atoms with van der Waals surface area (Å²) in [5, 5.41) is -0.548. The Labute approximate surface area is 93.9 Å². The SMILES string of the molecule is COc1ccccc1OC(C)(C)C(=O)Cl. The molecule has 1 aromatic rings. The molecule has 0 N–H and O–H groups in total. The van der Waals surface area contributed by atoms with Crippen LogP contribution in [0.15, 0.2) is 24.3 Å². The van der Waals surface area contributed by atoms with E-state index in [4.69, 9.17) is 21.1 Å². The van der Waals surface area contributed by atoms with E-state index in [1.165, 1.54) is 7.11 Å². The van der Waals surface area contributed by atoms with Gasteiger partial charge in [-0.1, -0.05) is 12.1 Å². The Hall–Kier alpha value is -1.22. The molecule has 0 aliphatic carbocycles. The molecule has 0 aliphatic rings. The number of benzene rings is 1. The Morgan fingerprint density at radius 3 is 2.27 bits per heavy atom. The summed E-state index contributed by atoms with van der Waals surface area (Å²) in [5.41, 5.74) is -1.06. The second kappa shape index (κ2) is 4.53. The molecule has 0 amide bonds. The van der Waals surface area contributed by atoms with Crippen molar-refractivity contribution >= 4 is 16.8 Å². The molecule has 0 saturated carbocycles. The molecule has 0 aromatic heterocycles. The minimum atomic E-state index is -1.06. The minimum Gasteiger partial charge on any atom is -0.493 e. The molecule has 1 rings (SSSR count). The van der Waals surface area contributed by atoms with Crippen molar-refractivity contribution in [3.63, 3.8) is 0 Å². The lowest BCUT2D eigenvalue weighted by atomic mass is 10.1. The first kappa shape index (κ1) is 11.9. The van der Waals surface area contributed by atoms with Crippen LogP contribution in [0.3, 0.4) is 0 Å². The quantitative estimate of drug-likeness (QED) is 0.744. The molecule has 4 heteroatoms. The van der Waals surface area contributed by atoms with E-state index < -0.39 is 10.8 Å². The Balaban J connectivity index is 2.94. The molecule has 15 heavy (non-hydrogen) atoms. The Morgan fingerprint density at radius 1 is 1.27 bits per heavy atom. The van der Waals surface area contributed by atoms with Crippen molar-refractivity contribution in [2.24, 2.45) is 0 Å². The molecule has 0 spiro atoms. The summed E-state index contributed by atoms with van der Waals surface area (Å²) in [6.45, 7) is 3.21. The molecule has 82 valence electrons. The van der Waals surface area contributed by atoms with Crippen LogP contribution in [0.5, 0.6) is 11.5 Å². The first-order chi connectivity index (χ1) is 6.97. The molecule has 0 bridgehead atoms. The van der Waals surface area contributed by atoms with E-state index in [2.05, 4.69) is 0 Å². The molecule has 0 fully saturated rings. The summed E-state index contributed by atoms with van der Waals surface area (Å²) in [7, 11) is 1.54. The summed E-state index contributed by atoms with van der Waals surface area (Å²) in [5.74, 6) is 1.07. The topological polar surface area (TPSA) is 35.5 Å². The summed E-state index contributed by atoms with van der Waals surface area (Å²) < 4.78 is 10.6. The van der Waals surface area contributed by atoms with Crippen molar-refractivity contribution in [2.45, 2.75) is 19.4 Å². The summed E-state index contributed by atoms with van der Waals surface area (Å²) in [4.78, 5) is 11.1. The average Bonchev–Trinajstić information content (AvgIpc) is 2.18. The Morgan fingerprint density at radius 2 is 1.80 bits per heavy atom. The van der Waals surface area contributed by atoms with Gasteiger partial charge in [0.05, 0.1) is 7.11 Å². The smallest absolute Gasteiger partial charge is 0.264 e. The number of para-hydroxylation sites is 2. The number of carbonyl (C=O) groups is 1. The fourth-order valence-corrected chi connectivity index (χ4v) is 1.06. The van der Waals surface area contributed by atoms with Crippen LogP contribution < -0.4 is 9.47 Å². The predicted molar refractivity (Wildman–Crippen MR) is 58.6 cm³/mol. The third kappa shape index (κ3) is 2.86. The van der Waals surface area contributed by atoms with Crippen molar-refractivity contribution in [2.75, 3.05) is 7.11 Å². The second-order valence-corrected chi connectivity index (χ2v) is 3.88. The Kier molecular flexibility index (Phi) is 3.58. The third-order valence-corrected chi connectivity index (χ3v) is 2.36. The lowest BCUT2D eigenvalue weighted by molar-refractivity contribution is -0.123. The van der Waals surface area contributed by atoms with Crippen LogP contribution in [0.2, 0.25) is 0 Å². The van der Waals surface area contributed by atoms with Gasteiger partial charge in [-0.2, -0.15) is 0 Å². The van der Waals surface area contributed by atoms with Crippen LogP contribution in [0, 0.1) is 0 Å². The molecule has 0 aliphatic heterocycles. The highest BCUT2D eigenvalue weighted by Crippen LogP contribution is 2.30. The van der Waals surface area contributed by atoms with Crippen molar-refractivity contribution in [1.82, 2.24) is 0 Å². The monoisotopic (exact) mass is 228 g/mol. The maximum absolute atomic E-state index is 11.1. The first-order valence-corrected chi connectivity index (χ1v) is 4.87. The van der Waals surface area contributed by atoms with Gasteiger partial charge in [0.1, 0.15) is 0 Å². The molecule has 3 nitrogen and oxygen atoms in total. The van der Waals surface area contributed by atoms with Gasteiger partial charge in [0.25, 0.3) is 5.24 Å². The lowest BCUT2D eigenvalue weighted by Crippen LogP contribution is -2.35. The fourth-order valence-electron chi connectivity index (χ4n) is 1.02. The maximum Gasteiger partial charge on any atom is 0.264 e. The molecular formula is C11H13ClO3. The van der Waals surface area contributed by atoms with Gasteiger partial charge < -0.3 is 9.47 Å². The van der Waals surface area contributed by atoms with E-state index in [1.807, 2.05) is 6.07 Å². The van der Waals surface area contributed by atoms with Crippen molar-refractivity contribution in [3.8, 4) is 11.5 Å². The van der Waals surface area contributed by atoms with Crippen molar-refractivity contribution in [3.05, 3.63) is 24.3 Å². The molecule has 0 heterocycles. The second-order valence-electron chi connectivity index (χ2n) is 3.54. The van der Waals surface area contributed by atoms with E-state index in [9.17, 15) is 4.79 Å². The summed E-state index contributed by atoms with van der Waals surface area (Å²) in [6.07, 6.45) is 0. The Bertz CT molecular complexity index is 361. The standard InChI is InChI=1S/C11H13ClO3/c1-11(2,10(12)13)15-9-7-5-4-6-8(9)14-3/h4-7H,1-3H3. The first-order valence-electron chi connectivity index (χ1n) is 4.49.